The number of morpholine rings is 1. The quantitative estimate of drug-likeness (QED) is 0.277. The molecule has 0 spiro atoms. The van der Waals surface area contributed by atoms with E-state index in [9.17, 15) is 5.11 Å². The van der Waals surface area contributed by atoms with Gasteiger partial charge in [0.15, 0.2) is 11.5 Å². The fourth-order valence-corrected chi connectivity index (χ4v) is 4.17. The number of hydrogen-bond acceptors (Lipinski definition) is 8. The van der Waals surface area contributed by atoms with Gasteiger partial charge >= 0.3 is 0 Å². The lowest BCUT2D eigenvalue weighted by Gasteiger charge is -2.28. The van der Waals surface area contributed by atoms with Gasteiger partial charge in [-0.1, -0.05) is 12.1 Å². The Balaban J connectivity index is 1.44. The Morgan fingerprint density at radius 1 is 1.14 bits per heavy atom. The lowest BCUT2D eigenvalue weighted by Crippen LogP contribution is -2.36. The van der Waals surface area contributed by atoms with Crippen LogP contribution in [0.3, 0.4) is 0 Å². The van der Waals surface area contributed by atoms with Crippen molar-refractivity contribution in [3.8, 4) is 11.3 Å². The third-order valence-corrected chi connectivity index (χ3v) is 6.10. The fraction of sp³-hybridized carbons (Fsp3) is 0.296. The molecule has 186 valence electrons. The highest BCUT2D eigenvalue weighted by Gasteiger charge is 2.15. The van der Waals surface area contributed by atoms with Crippen LogP contribution in [0.25, 0.3) is 16.9 Å². The van der Waals surface area contributed by atoms with Gasteiger partial charge in [-0.15, -0.1) is 0 Å². The first-order valence-corrected chi connectivity index (χ1v) is 12.0. The summed E-state index contributed by atoms with van der Waals surface area (Å²) in [6, 6.07) is 14.1. The van der Waals surface area contributed by atoms with Crippen molar-refractivity contribution in [1.29, 1.82) is 5.41 Å². The maximum Gasteiger partial charge on any atom is 0.180 e. The van der Waals surface area contributed by atoms with Crippen LogP contribution in [0.2, 0.25) is 0 Å². The van der Waals surface area contributed by atoms with Crippen LogP contribution in [-0.2, 0) is 4.74 Å². The highest BCUT2D eigenvalue weighted by atomic mass is 16.5. The van der Waals surface area contributed by atoms with Crippen molar-refractivity contribution >= 4 is 34.7 Å². The summed E-state index contributed by atoms with van der Waals surface area (Å²) in [5.41, 5.74) is 5.11. The molecule has 0 atom stereocenters. The maximum absolute atomic E-state index is 10.1. The average Bonchev–Trinajstić information content (AvgIpc) is 3.37. The van der Waals surface area contributed by atoms with Crippen molar-refractivity contribution in [3.05, 3.63) is 66.6 Å². The summed E-state index contributed by atoms with van der Waals surface area (Å²) in [4.78, 5) is 11.7. The van der Waals surface area contributed by atoms with Crippen LogP contribution in [0.15, 0.2) is 61.1 Å². The molecular weight excluding hydrogens is 454 g/mol. The Hall–Kier alpha value is -3.95. The van der Waals surface area contributed by atoms with Crippen molar-refractivity contribution in [1.82, 2.24) is 14.4 Å². The van der Waals surface area contributed by atoms with Crippen LogP contribution >= 0.6 is 0 Å². The molecule has 5 rings (SSSR count). The third kappa shape index (κ3) is 5.32. The number of benzene rings is 2. The third-order valence-electron chi connectivity index (χ3n) is 6.10. The largest absolute Gasteiger partial charge is 0.389 e. The molecule has 4 N–H and O–H groups in total. The second kappa shape index (κ2) is 9.96. The first-order valence-electron chi connectivity index (χ1n) is 12.0. The molecule has 0 aliphatic carbocycles. The van der Waals surface area contributed by atoms with E-state index in [0.29, 0.717) is 12.4 Å². The molecule has 0 bridgehead atoms. The second-order valence-electron chi connectivity index (χ2n) is 9.52. The first kappa shape index (κ1) is 23.8. The van der Waals surface area contributed by atoms with Gasteiger partial charge in [0.05, 0.1) is 24.5 Å². The highest BCUT2D eigenvalue weighted by Crippen LogP contribution is 2.28. The zero-order valence-electron chi connectivity index (χ0n) is 20.5. The number of hydrogen-bond donors (Lipinski definition) is 4. The monoisotopic (exact) mass is 485 g/mol. The van der Waals surface area contributed by atoms with E-state index >= 15 is 0 Å². The minimum atomic E-state index is -0.877. The van der Waals surface area contributed by atoms with Gasteiger partial charge in [0.1, 0.15) is 0 Å². The fourth-order valence-electron chi connectivity index (χ4n) is 4.17. The van der Waals surface area contributed by atoms with Crippen molar-refractivity contribution in [2.75, 3.05) is 48.4 Å². The molecule has 1 aliphatic heterocycles. The molecule has 9 nitrogen and oxygen atoms in total. The summed E-state index contributed by atoms with van der Waals surface area (Å²) in [5.74, 6) is 0.652. The van der Waals surface area contributed by atoms with Gasteiger partial charge in [-0.25, -0.2) is 9.97 Å². The SMILES string of the molecule is CC(C)(O)CNc1cc(-c2cn3ccnc3c(Nc3ccc(N4CCOCC4)cc3)n2)ccc1C=N. The van der Waals surface area contributed by atoms with Crippen LogP contribution in [0.5, 0.6) is 0 Å². The van der Waals surface area contributed by atoms with Crippen molar-refractivity contribution in [2.45, 2.75) is 19.4 Å². The molecule has 0 saturated carbocycles. The van der Waals surface area contributed by atoms with Gasteiger partial charge in [0.2, 0.25) is 0 Å². The Bertz CT molecular complexity index is 1350. The van der Waals surface area contributed by atoms with E-state index in [4.69, 9.17) is 15.1 Å². The Morgan fingerprint density at radius 3 is 2.64 bits per heavy atom. The lowest BCUT2D eigenvalue weighted by molar-refractivity contribution is 0.0945. The molecule has 2 aromatic heterocycles. The van der Waals surface area contributed by atoms with E-state index < -0.39 is 5.60 Å². The second-order valence-corrected chi connectivity index (χ2v) is 9.52. The molecule has 36 heavy (non-hydrogen) atoms. The number of nitrogens with zero attached hydrogens (tertiary/aromatic N) is 4. The molecule has 0 amide bonds. The van der Waals surface area contributed by atoms with E-state index in [-0.39, 0.29) is 0 Å². The number of fused-ring (bicyclic) bond motifs is 1. The molecule has 1 aliphatic rings. The number of rotatable bonds is 8. The molecule has 1 fully saturated rings. The van der Waals surface area contributed by atoms with E-state index in [1.165, 1.54) is 11.9 Å². The van der Waals surface area contributed by atoms with Gasteiger partial charge < -0.3 is 35.2 Å². The maximum atomic E-state index is 10.1. The number of aromatic nitrogens is 3. The normalized spacial score (nSPS) is 14.1. The first-order chi connectivity index (χ1) is 17.4. The smallest absolute Gasteiger partial charge is 0.180 e. The number of anilines is 4. The topological polar surface area (TPSA) is 111 Å². The highest BCUT2D eigenvalue weighted by molar-refractivity contribution is 5.88. The summed E-state index contributed by atoms with van der Waals surface area (Å²) in [5, 5.41) is 24.6. The lowest BCUT2D eigenvalue weighted by atomic mass is 10.1. The van der Waals surface area contributed by atoms with Gasteiger partial charge in [-0.2, -0.15) is 0 Å². The van der Waals surface area contributed by atoms with Crippen LogP contribution in [-0.4, -0.2) is 64.1 Å². The Morgan fingerprint density at radius 2 is 1.92 bits per heavy atom. The van der Waals surface area contributed by atoms with Gasteiger partial charge in [-0.05, 0) is 44.2 Å². The van der Waals surface area contributed by atoms with Crippen molar-refractivity contribution < 1.29 is 9.84 Å². The van der Waals surface area contributed by atoms with Crippen LogP contribution in [0, 0.1) is 5.41 Å². The molecule has 0 radical (unpaired) electrons. The number of aliphatic hydroxyl groups is 1. The van der Waals surface area contributed by atoms with Crippen LogP contribution < -0.4 is 15.5 Å². The minimum Gasteiger partial charge on any atom is -0.389 e. The Labute approximate surface area is 210 Å². The Kier molecular flexibility index (Phi) is 6.58. The summed E-state index contributed by atoms with van der Waals surface area (Å²) < 4.78 is 7.40. The zero-order chi connectivity index (χ0) is 25.1. The molecule has 1 saturated heterocycles. The van der Waals surface area contributed by atoms with Gasteiger partial charge in [0.25, 0.3) is 0 Å². The summed E-state index contributed by atoms with van der Waals surface area (Å²) in [6.07, 6.45) is 6.89. The summed E-state index contributed by atoms with van der Waals surface area (Å²) in [7, 11) is 0. The average molecular weight is 486 g/mol. The van der Waals surface area contributed by atoms with Gasteiger partial charge in [0, 0.05) is 72.6 Å². The van der Waals surface area contributed by atoms with E-state index in [0.717, 1.165) is 60.1 Å². The standard InChI is InChI=1S/C27H31N7O2/c1-27(2,35)18-30-23-15-19(3-4-20(23)16-28)24-17-34-10-9-29-26(34)25(32-24)31-21-5-7-22(8-6-21)33-11-13-36-14-12-33/h3-10,15-17,28,30,35H,11-14,18H2,1-2H3,(H,31,32). The molecule has 3 heterocycles. The van der Waals surface area contributed by atoms with Crippen LogP contribution in [0.1, 0.15) is 19.4 Å². The zero-order valence-corrected chi connectivity index (χ0v) is 20.5. The molecule has 2 aromatic carbocycles. The van der Waals surface area contributed by atoms with E-state index in [1.807, 2.05) is 35.0 Å². The summed E-state index contributed by atoms with van der Waals surface area (Å²) in [6.45, 7) is 7.15. The molecule has 0 unspecified atom stereocenters. The number of imidazole rings is 1. The number of ether oxygens (including phenoxy) is 1. The molecule has 9 heteroatoms. The van der Waals surface area contributed by atoms with Crippen molar-refractivity contribution in [2.24, 2.45) is 0 Å². The number of nitrogens with one attached hydrogen (secondary N) is 3. The minimum absolute atomic E-state index is 0.360. The predicted molar refractivity (Wildman–Crippen MR) is 144 cm³/mol. The van der Waals surface area contributed by atoms with Crippen LogP contribution in [0.4, 0.5) is 22.9 Å². The van der Waals surface area contributed by atoms with E-state index in [1.54, 1.807) is 20.0 Å². The summed E-state index contributed by atoms with van der Waals surface area (Å²) >= 11 is 0. The van der Waals surface area contributed by atoms with Gasteiger partial charge in [-0.3, -0.25) is 0 Å². The molecular formula is C27H31N7O2. The van der Waals surface area contributed by atoms with Crippen molar-refractivity contribution in [3.63, 3.8) is 0 Å². The predicted octanol–water partition coefficient (Wildman–Crippen LogP) is 4.16. The van der Waals surface area contributed by atoms with E-state index in [2.05, 4.69) is 44.8 Å². The molecule has 4 aromatic rings.